The van der Waals surface area contributed by atoms with Gasteiger partial charge in [0.25, 0.3) is 0 Å². The van der Waals surface area contributed by atoms with Crippen LogP contribution in [0, 0.1) is 13.8 Å². The van der Waals surface area contributed by atoms with Crippen molar-refractivity contribution in [3.8, 4) is 11.4 Å². The fourth-order valence-corrected chi connectivity index (χ4v) is 2.54. The van der Waals surface area contributed by atoms with Gasteiger partial charge in [-0.15, -0.1) is 0 Å². The Labute approximate surface area is 121 Å². The van der Waals surface area contributed by atoms with E-state index in [1.54, 1.807) is 7.11 Å². The van der Waals surface area contributed by atoms with Crippen molar-refractivity contribution in [2.45, 2.75) is 33.7 Å². The first kappa shape index (κ1) is 14.7. The zero-order valence-electron chi connectivity index (χ0n) is 12.9. The molecule has 2 aromatic rings. The lowest BCUT2D eigenvalue weighted by molar-refractivity contribution is 0.414. The van der Waals surface area contributed by atoms with E-state index in [1.807, 2.05) is 12.1 Å². The Morgan fingerprint density at radius 2 is 1.85 bits per heavy atom. The van der Waals surface area contributed by atoms with Gasteiger partial charge in [-0.25, -0.2) is 0 Å². The van der Waals surface area contributed by atoms with Gasteiger partial charge in [-0.1, -0.05) is 6.92 Å². The maximum absolute atomic E-state index is 5.22. The van der Waals surface area contributed by atoms with Gasteiger partial charge in [-0.3, -0.25) is 0 Å². The molecule has 0 aliphatic carbocycles. The van der Waals surface area contributed by atoms with Crippen LogP contribution in [0.2, 0.25) is 0 Å². The van der Waals surface area contributed by atoms with Gasteiger partial charge in [-0.2, -0.15) is 0 Å². The van der Waals surface area contributed by atoms with Gasteiger partial charge in [-0.05, 0) is 62.7 Å². The molecule has 108 valence electrons. The molecule has 0 bridgehead atoms. The molecule has 20 heavy (non-hydrogen) atoms. The Bertz CT molecular complexity index is 555. The molecule has 1 aromatic heterocycles. The second-order valence-electron chi connectivity index (χ2n) is 5.11. The summed E-state index contributed by atoms with van der Waals surface area (Å²) in [7, 11) is 1.69. The lowest BCUT2D eigenvalue weighted by Crippen LogP contribution is -2.14. The van der Waals surface area contributed by atoms with E-state index in [4.69, 9.17) is 4.74 Å². The maximum Gasteiger partial charge on any atom is 0.119 e. The summed E-state index contributed by atoms with van der Waals surface area (Å²) in [4.78, 5) is 0. The fraction of sp³-hybridized carbons (Fsp3) is 0.412. The van der Waals surface area contributed by atoms with E-state index in [0.717, 1.165) is 25.3 Å². The van der Waals surface area contributed by atoms with Crippen LogP contribution in [-0.4, -0.2) is 18.2 Å². The van der Waals surface area contributed by atoms with Gasteiger partial charge in [0, 0.05) is 23.6 Å². The number of hydrogen-bond acceptors (Lipinski definition) is 2. The Morgan fingerprint density at radius 1 is 1.15 bits per heavy atom. The molecule has 0 aliphatic rings. The topological polar surface area (TPSA) is 26.2 Å². The molecule has 1 heterocycles. The zero-order chi connectivity index (χ0) is 14.5. The molecule has 1 aromatic carbocycles. The first-order valence-electron chi connectivity index (χ1n) is 7.20. The van der Waals surface area contributed by atoms with E-state index in [-0.39, 0.29) is 0 Å². The third kappa shape index (κ3) is 3.05. The van der Waals surface area contributed by atoms with Gasteiger partial charge in [0.1, 0.15) is 5.75 Å². The summed E-state index contributed by atoms with van der Waals surface area (Å²) in [5, 5.41) is 3.47. The number of nitrogens with zero attached hydrogens (tertiary/aromatic N) is 1. The van der Waals surface area contributed by atoms with Crippen LogP contribution in [-0.2, 0) is 6.54 Å². The first-order chi connectivity index (χ1) is 9.67. The fourth-order valence-electron chi connectivity index (χ4n) is 2.54. The molecule has 0 saturated heterocycles. The number of aromatic nitrogens is 1. The second-order valence-corrected chi connectivity index (χ2v) is 5.11. The molecule has 1 N–H and O–H groups in total. The lowest BCUT2D eigenvalue weighted by Gasteiger charge is -2.11. The number of rotatable bonds is 6. The smallest absolute Gasteiger partial charge is 0.119 e. The maximum atomic E-state index is 5.22. The number of ether oxygens (including phenoxy) is 1. The second kappa shape index (κ2) is 6.62. The van der Waals surface area contributed by atoms with E-state index in [1.165, 1.54) is 22.6 Å². The summed E-state index contributed by atoms with van der Waals surface area (Å²) in [5.41, 5.74) is 5.12. The summed E-state index contributed by atoms with van der Waals surface area (Å²) < 4.78 is 7.51. The van der Waals surface area contributed by atoms with Gasteiger partial charge in [0.05, 0.1) is 7.11 Å². The number of nitrogens with one attached hydrogen (secondary N) is 1. The monoisotopic (exact) mass is 272 g/mol. The van der Waals surface area contributed by atoms with Gasteiger partial charge in [0.2, 0.25) is 0 Å². The molecule has 3 heteroatoms. The van der Waals surface area contributed by atoms with Crippen molar-refractivity contribution >= 4 is 0 Å². The summed E-state index contributed by atoms with van der Waals surface area (Å²) >= 11 is 0. The van der Waals surface area contributed by atoms with E-state index in [2.05, 4.69) is 48.9 Å². The summed E-state index contributed by atoms with van der Waals surface area (Å²) in [5.74, 6) is 0.890. The average Bonchev–Trinajstić information content (AvgIpc) is 2.74. The third-order valence-electron chi connectivity index (χ3n) is 3.61. The van der Waals surface area contributed by atoms with Gasteiger partial charge in [0.15, 0.2) is 0 Å². The molecular formula is C17H24N2O. The molecule has 3 nitrogen and oxygen atoms in total. The highest BCUT2D eigenvalue weighted by molar-refractivity contribution is 5.43. The van der Waals surface area contributed by atoms with Crippen molar-refractivity contribution in [3.05, 3.63) is 47.3 Å². The van der Waals surface area contributed by atoms with Crippen LogP contribution in [0.3, 0.4) is 0 Å². The minimum Gasteiger partial charge on any atom is -0.497 e. The van der Waals surface area contributed by atoms with Crippen LogP contribution in [0.5, 0.6) is 5.75 Å². The Kier molecular flexibility index (Phi) is 4.85. The van der Waals surface area contributed by atoms with Crippen molar-refractivity contribution in [1.82, 2.24) is 9.88 Å². The van der Waals surface area contributed by atoms with E-state index in [9.17, 15) is 0 Å². The summed E-state index contributed by atoms with van der Waals surface area (Å²) in [6.07, 6.45) is 1.16. The highest BCUT2D eigenvalue weighted by Crippen LogP contribution is 2.22. The van der Waals surface area contributed by atoms with Crippen molar-refractivity contribution in [1.29, 1.82) is 0 Å². The molecule has 2 rings (SSSR count). The molecule has 0 spiro atoms. The average molecular weight is 272 g/mol. The third-order valence-corrected chi connectivity index (χ3v) is 3.61. The molecule has 0 unspecified atom stereocenters. The largest absolute Gasteiger partial charge is 0.497 e. The van der Waals surface area contributed by atoms with Crippen LogP contribution in [0.25, 0.3) is 5.69 Å². The van der Waals surface area contributed by atoms with Crippen molar-refractivity contribution < 1.29 is 4.74 Å². The number of methoxy groups -OCH3 is 1. The van der Waals surface area contributed by atoms with Crippen LogP contribution in [0.15, 0.2) is 30.3 Å². The highest BCUT2D eigenvalue weighted by atomic mass is 16.5. The summed E-state index contributed by atoms with van der Waals surface area (Å²) in [6.45, 7) is 8.52. The SMILES string of the molecule is CCCNCc1cc(C)n(-c2ccc(OC)cc2)c1C. The molecule has 0 radical (unpaired) electrons. The van der Waals surface area contributed by atoms with Crippen LogP contribution >= 0.6 is 0 Å². The van der Waals surface area contributed by atoms with Crippen LogP contribution in [0.1, 0.15) is 30.3 Å². The number of hydrogen-bond donors (Lipinski definition) is 1. The molecular weight excluding hydrogens is 248 g/mol. The van der Waals surface area contributed by atoms with Crippen molar-refractivity contribution in [2.75, 3.05) is 13.7 Å². The van der Waals surface area contributed by atoms with Gasteiger partial charge < -0.3 is 14.6 Å². The number of benzene rings is 1. The molecule has 0 aliphatic heterocycles. The van der Waals surface area contributed by atoms with Crippen molar-refractivity contribution in [2.24, 2.45) is 0 Å². The van der Waals surface area contributed by atoms with Crippen LogP contribution in [0.4, 0.5) is 0 Å². The van der Waals surface area contributed by atoms with E-state index >= 15 is 0 Å². The molecule has 0 saturated carbocycles. The quantitative estimate of drug-likeness (QED) is 0.813. The standard InChI is InChI=1S/C17H24N2O/c1-5-10-18-12-15-11-13(2)19(14(15)3)16-6-8-17(20-4)9-7-16/h6-9,11,18H,5,10,12H2,1-4H3. The normalized spacial score (nSPS) is 10.8. The Morgan fingerprint density at radius 3 is 2.45 bits per heavy atom. The summed E-state index contributed by atoms with van der Waals surface area (Å²) in [6, 6.07) is 10.5. The van der Waals surface area contributed by atoms with E-state index < -0.39 is 0 Å². The molecule has 0 amide bonds. The Hall–Kier alpha value is -1.74. The zero-order valence-corrected chi connectivity index (χ0v) is 12.9. The first-order valence-corrected chi connectivity index (χ1v) is 7.20. The number of aryl methyl sites for hydroxylation is 1. The molecule has 0 fully saturated rings. The van der Waals surface area contributed by atoms with E-state index in [0.29, 0.717) is 0 Å². The minimum atomic E-state index is 0.890. The predicted octanol–water partition coefficient (Wildman–Crippen LogP) is 3.60. The van der Waals surface area contributed by atoms with Crippen molar-refractivity contribution in [3.63, 3.8) is 0 Å². The predicted molar refractivity (Wildman–Crippen MR) is 83.8 cm³/mol. The lowest BCUT2D eigenvalue weighted by atomic mass is 10.2. The highest BCUT2D eigenvalue weighted by Gasteiger charge is 2.10. The molecule has 0 atom stereocenters. The minimum absolute atomic E-state index is 0.890. The van der Waals surface area contributed by atoms with Gasteiger partial charge >= 0.3 is 0 Å². The Balaban J connectivity index is 2.26. The van der Waals surface area contributed by atoms with Crippen LogP contribution < -0.4 is 10.1 Å².